The summed E-state index contributed by atoms with van der Waals surface area (Å²) in [5.41, 5.74) is 0.388. The van der Waals surface area contributed by atoms with Gasteiger partial charge in [0, 0.05) is 18.7 Å². The van der Waals surface area contributed by atoms with Crippen molar-refractivity contribution >= 4 is 5.69 Å². The van der Waals surface area contributed by atoms with Crippen molar-refractivity contribution in [2.75, 3.05) is 18.5 Å². The van der Waals surface area contributed by atoms with Crippen molar-refractivity contribution < 1.29 is 13.5 Å². The molecule has 1 aromatic rings. The van der Waals surface area contributed by atoms with Gasteiger partial charge < -0.3 is 10.1 Å². The van der Waals surface area contributed by atoms with Gasteiger partial charge in [0.25, 0.3) is 0 Å². The molecule has 0 saturated carbocycles. The fourth-order valence-electron chi connectivity index (χ4n) is 1.18. The molecule has 1 aliphatic heterocycles. The predicted octanol–water partition coefficient (Wildman–Crippen LogP) is 2.80. The van der Waals surface area contributed by atoms with Gasteiger partial charge in [-0.05, 0) is 0 Å². The quantitative estimate of drug-likeness (QED) is 0.696. The summed E-state index contributed by atoms with van der Waals surface area (Å²) in [5, 5.41) is 2.84. The van der Waals surface area contributed by atoms with E-state index in [2.05, 4.69) is 5.32 Å². The molecule has 0 aromatic heterocycles. The number of ether oxygens (including phenoxy) is 1. The van der Waals surface area contributed by atoms with Crippen molar-refractivity contribution in [3.8, 4) is 5.75 Å². The summed E-state index contributed by atoms with van der Waals surface area (Å²) in [6, 6.07) is 2.03. The SMILES string of the molecule is CC.Fc1cc(F)c2c(c1)NCCO2. The molecule has 1 heterocycles. The summed E-state index contributed by atoms with van der Waals surface area (Å²) in [4.78, 5) is 0. The lowest BCUT2D eigenvalue weighted by atomic mass is 10.2. The first kappa shape index (κ1) is 10.8. The third-order valence-corrected chi connectivity index (χ3v) is 1.67. The normalized spacial score (nSPS) is 12.9. The van der Waals surface area contributed by atoms with Crippen LogP contribution in [0.15, 0.2) is 12.1 Å². The van der Waals surface area contributed by atoms with Crippen LogP contribution < -0.4 is 10.1 Å². The highest BCUT2D eigenvalue weighted by atomic mass is 19.1. The molecule has 0 saturated heterocycles. The first-order chi connectivity index (χ1) is 6.77. The van der Waals surface area contributed by atoms with Gasteiger partial charge in [-0.1, -0.05) is 13.8 Å². The van der Waals surface area contributed by atoms with Gasteiger partial charge in [-0.2, -0.15) is 0 Å². The Morgan fingerprint density at radius 1 is 1.29 bits per heavy atom. The zero-order chi connectivity index (χ0) is 10.6. The highest BCUT2D eigenvalue weighted by molar-refractivity contribution is 5.58. The van der Waals surface area contributed by atoms with Crippen LogP contribution in [0.2, 0.25) is 0 Å². The molecular formula is C10H13F2NO. The van der Waals surface area contributed by atoms with Gasteiger partial charge in [0.05, 0.1) is 5.69 Å². The second-order valence-electron chi connectivity index (χ2n) is 2.54. The molecule has 0 fully saturated rings. The van der Waals surface area contributed by atoms with Crippen molar-refractivity contribution in [2.45, 2.75) is 13.8 Å². The molecule has 1 N–H and O–H groups in total. The Morgan fingerprint density at radius 2 is 2.00 bits per heavy atom. The van der Waals surface area contributed by atoms with E-state index in [1.165, 1.54) is 6.07 Å². The van der Waals surface area contributed by atoms with E-state index in [1.807, 2.05) is 13.8 Å². The second-order valence-corrected chi connectivity index (χ2v) is 2.54. The Balaban J connectivity index is 0.000000461. The van der Waals surface area contributed by atoms with Crippen LogP contribution in [0.25, 0.3) is 0 Å². The van der Waals surface area contributed by atoms with E-state index in [-0.39, 0.29) is 5.75 Å². The van der Waals surface area contributed by atoms with Gasteiger partial charge in [-0.25, -0.2) is 8.78 Å². The molecule has 4 heteroatoms. The molecule has 0 amide bonds. The van der Waals surface area contributed by atoms with Crippen molar-refractivity contribution in [3.05, 3.63) is 23.8 Å². The minimum absolute atomic E-state index is 0.114. The Hall–Kier alpha value is -1.32. The Bertz CT molecular complexity index is 315. The molecule has 14 heavy (non-hydrogen) atoms. The van der Waals surface area contributed by atoms with Crippen LogP contribution in [0, 0.1) is 11.6 Å². The summed E-state index contributed by atoms with van der Waals surface area (Å²) in [6.45, 7) is 4.99. The van der Waals surface area contributed by atoms with E-state index in [0.29, 0.717) is 18.8 Å². The predicted molar refractivity (Wildman–Crippen MR) is 51.7 cm³/mol. The first-order valence-corrected chi connectivity index (χ1v) is 4.63. The second kappa shape index (κ2) is 4.79. The molecule has 0 atom stereocenters. The van der Waals surface area contributed by atoms with Crippen molar-refractivity contribution in [2.24, 2.45) is 0 Å². The van der Waals surface area contributed by atoms with E-state index in [1.54, 1.807) is 0 Å². The summed E-state index contributed by atoms with van der Waals surface area (Å²) < 4.78 is 30.6. The number of halogens is 2. The van der Waals surface area contributed by atoms with Crippen LogP contribution in [0.4, 0.5) is 14.5 Å². The molecule has 1 aliphatic rings. The van der Waals surface area contributed by atoms with E-state index < -0.39 is 11.6 Å². The fraction of sp³-hybridized carbons (Fsp3) is 0.400. The molecule has 2 rings (SSSR count). The molecule has 78 valence electrons. The minimum Gasteiger partial charge on any atom is -0.486 e. The van der Waals surface area contributed by atoms with E-state index >= 15 is 0 Å². The topological polar surface area (TPSA) is 21.3 Å². The lowest BCUT2D eigenvalue weighted by Crippen LogP contribution is -2.19. The molecule has 0 aliphatic carbocycles. The number of nitrogens with one attached hydrogen (secondary N) is 1. The third-order valence-electron chi connectivity index (χ3n) is 1.67. The largest absolute Gasteiger partial charge is 0.486 e. The van der Waals surface area contributed by atoms with Crippen LogP contribution in [0.1, 0.15) is 13.8 Å². The number of rotatable bonds is 0. The number of hydrogen-bond acceptors (Lipinski definition) is 2. The Labute approximate surface area is 81.9 Å². The van der Waals surface area contributed by atoms with Crippen molar-refractivity contribution in [1.29, 1.82) is 0 Å². The van der Waals surface area contributed by atoms with Crippen LogP contribution in [0.3, 0.4) is 0 Å². The maximum atomic E-state index is 12.9. The molecule has 0 spiro atoms. The fourth-order valence-corrected chi connectivity index (χ4v) is 1.18. The number of fused-ring (bicyclic) bond motifs is 1. The highest BCUT2D eigenvalue weighted by Gasteiger charge is 2.15. The number of hydrogen-bond donors (Lipinski definition) is 1. The van der Waals surface area contributed by atoms with Gasteiger partial charge in [-0.3, -0.25) is 0 Å². The van der Waals surface area contributed by atoms with Crippen LogP contribution in [0.5, 0.6) is 5.75 Å². The van der Waals surface area contributed by atoms with Gasteiger partial charge in [-0.15, -0.1) is 0 Å². The standard InChI is InChI=1S/C8H7F2NO.C2H6/c9-5-3-6(10)8-7(4-5)11-1-2-12-8;1-2/h3-4,11H,1-2H2;1-2H3. The Kier molecular flexibility index (Phi) is 3.68. The zero-order valence-electron chi connectivity index (χ0n) is 8.23. The smallest absolute Gasteiger partial charge is 0.178 e. The average molecular weight is 201 g/mol. The molecular weight excluding hydrogens is 188 g/mol. The van der Waals surface area contributed by atoms with Gasteiger partial charge in [0.2, 0.25) is 0 Å². The first-order valence-electron chi connectivity index (χ1n) is 4.63. The minimum atomic E-state index is -0.655. The van der Waals surface area contributed by atoms with Crippen molar-refractivity contribution in [3.63, 3.8) is 0 Å². The molecule has 2 nitrogen and oxygen atoms in total. The Morgan fingerprint density at radius 3 is 2.71 bits per heavy atom. The van der Waals surface area contributed by atoms with Crippen LogP contribution in [-0.2, 0) is 0 Å². The summed E-state index contributed by atoms with van der Waals surface area (Å²) in [6.07, 6.45) is 0. The maximum Gasteiger partial charge on any atom is 0.178 e. The average Bonchev–Trinajstić information content (AvgIpc) is 2.20. The van der Waals surface area contributed by atoms with Crippen LogP contribution >= 0.6 is 0 Å². The number of benzene rings is 1. The van der Waals surface area contributed by atoms with E-state index in [4.69, 9.17) is 4.74 Å². The van der Waals surface area contributed by atoms with E-state index in [9.17, 15) is 8.78 Å². The summed E-state index contributed by atoms with van der Waals surface area (Å²) >= 11 is 0. The lowest BCUT2D eigenvalue weighted by Gasteiger charge is -2.19. The van der Waals surface area contributed by atoms with Gasteiger partial charge in [0.1, 0.15) is 12.4 Å². The summed E-state index contributed by atoms with van der Waals surface area (Å²) in [7, 11) is 0. The monoisotopic (exact) mass is 201 g/mol. The molecule has 1 aromatic carbocycles. The lowest BCUT2D eigenvalue weighted by molar-refractivity contribution is 0.305. The number of anilines is 1. The van der Waals surface area contributed by atoms with Gasteiger partial charge >= 0.3 is 0 Å². The molecule has 0 bridgehead atoms. The third kappa shape index (κ3) is 2.13. The van der Waals surface area contributed by atoms with Crippen molar-refractivity contribution in [1.82, 2.24) is 0 Å². The highest BCUT2D eigenvalue weighted by Crippen LogP contribution is 2.30. The maximum absolute atomic E-state index is 12.9. The molecule has 0 unspecified atom stereocenters. The van der Waals surface area contributed by atoms with E-state index in [0.717, 1.165) is 6.07 Å². The summed E-state index contributed by atoms with van der Waals surface area (Å²) in [5.74, 6) is -1.14. The zero-order valence-corrected chi connectivity index (χ0v) is 8.23. The molecule has 0 radical (unpaired) electrons. The van der Waals surface area contributed by atoms with Crippen LogP contribution in [-0.4, -0.2) is 13.2 Å². The van der Waals surface area contributed by atoms with Gasteiger partial charge in [0.15, 0.2) is 11.6 Å².